The number of hydrogen-bond donors (Lipinski definition) is 0. The maximum absolute atomic E-state index is 10.7. The van der Waals surface area contributed by atoms with Crippen molar-refractivity contribution in [2.45, 2.75) is 13.3 Å². The first-order chi connectivity index (χ1) is 6.44. The van der Waals surface area contributed by atoms with Crippen LogP contribution in [0.25, 0.3) is 0 Å². The maximum atomic E-state index is 10.7. The Morgan fingerprint density at radius 1 is 1.57 bits per heavy atom. The SMILES string of the molecule is Cc1onc(CCS(=O)(=O)[O-])c1[As]=O. The predicted octanol–water partition coefficient (Wildman–Crippen LogP) is -1.25. The van der Waals surface area contributed by atoms with Crippen molar-refractivity contribution in [3.8, 4) is 0 Å². The van der Waals surface area contributed by atoms with Gasteiger partial charge in [0.05, 0.1) is 0 Å². The van der Waals surface area contributed by atoms with Gasteiger partial charge in [0, 0.05) is 0 Å². The molecule has 0 bridgehead atoms. The van der Waals surface area contributed by atoms with Crippen LogP contribution in [0.2, 0.25) is 0 Å². The molecule has 78 valence electrons. The van der Waals surface area contributed by atoms with Gasteiger partial charge in [-0.1, -0.05) is 0 Å². The fourth-order valence-electron chi connectivity index (χ4n) is 0.916. The first-order valence-corrected chi connectivity index (χ1v) is 6.94. The van der Waals surface area contributed by atoms with Gasteiger partial charge in [-0.15, -0.1) is 0 Å². The molecular weight excluding hydrogens is 273 g/mol. The van der Waals surface area contributed by atoms with Crippen molar-refractivity contribution < 1.29 is 21.2 Å². The van der Waals surface area contributed by atoms with E-state index in [9.17, 15) is 16.7 Å². The van der Waals surface area contributed by atoms with Crippen LogP contribution in [0.5, 0.6) is 0 Å². The van der Waals surface area contributed by atoms with Gasteiger partial charge in [0.1, 0.15) is 0 Å². The summed E-state index contributed by atoms with van der Waals surface area (Å²) in [6.07, 6.45) is -0.0453. The van der Waals surface area contributed by atoms with E-state index in [1.807, 2.05) is 0 Å². The summed E-state index contributed by atoms with van der Waals surface area (Å²) in [6, 6.07) is 0. The monoisotopic (exact) mass is 280 g/mol. The van der Waals surface area contributed by atoms with E-state index in [0.29, 0.717) is 15.8 Å². The summed E-state index contributed by atoms with van der Waals surface area (Å²) < 4.78 is 46.9. The fourth-order valence-corrected chi connectivity index (χ4v) is 2.26. The molecule has 1 heterocycles. The van der Waals surface area contributed by atoms with Crippen LogP contribution in [-0.4, -0.2) is 39.6 Å². The average Bonchev–Trinajstić information content (AvgIpc) is 2.41. The second-order valence-corrected chi connectivity index (χ2v) is 5.48. The van der Waals surface area contributed by atoms with Crippen molar-refractivity contribution in [2.24, 2.45) is 0 Å². The van der Waals surface area contributed by atoms with Crippen molar-refractivity contribution in [3.05, 3.63) is 11.5 Å². The van der Waals surface area contributed by atoms with E-state index < -0.39 is 31.6 Å². The number of rotatable bonds is 4. The predicted molar refractivity (Wildman–Crippen MR) is 45.6 cm³/mol. The third kappa shape index (κ3) is 3.01. The van der Waals surface area contributed by atoms with E-state index in [4.69, 9.17) is 4.52 Å². The molecule has 0 saturated carbocycles. The number of aryl methyl sites for hydroxylation is 2. The van der Waals surface area contributed by atoms with Gasteiger partial charge < -0.3 is 0 Å². The van der Waals surface area contributed by atoms with E-state index >= 15 is 0 Å². The summed E-state index contributed by atoms with van der Waals surface area (Å²) in [5, 5.41) is 3.53. The molecule has 0 amide bonds. The molecule has 0 spiro atoms. The molecule has 0 unspecified atom stereocenters. The minimum absolute atomic E-state index is 0.0453. The zero-order valence-corrected chi connectivity index (χ0v) is 9.95. The molecule has 0 N–H and O–H groups in total. The second-order valence-electron chi connectivity index (χ2n) is 2.64. The van der Waals surface area contributed by atoms with Gasteiger partial charge in [0.25, 0.3) is 0 Å². The fraction of sp³-hybridized carbons (Fsp3) is 0.500. The topological polar surface area (TPSA) is 100 Å². The van der Waals surface area contributed by atoms with E-state index in [1.54, 1.807) is 6.92 Å². The van der Waals surface area contributed by atoms with Gasteiger partial charge in [-0.3, -0.25) is 0 Å². The molecule has 0 aliphatic rings. The molecule has 0 aromatic carbocycles. The van der Waals surface area contributed by atoms with Crippen LogP contribution in [0.1, 0.15) is 11.5 Å². The molecule has 0 atom stereocenters. The van der Waals surface area contributed by atoms with E-state index in [-0.39, 0.29) is 6.42 Å². The average molecular weight is 280 g/mol. The van der Waals surface area contributed by atoms with Crippen LogP contribution in [0.15, 0.2) is 4.52 Å². The van der Waals surface area contributed by atoms with Gasteiger partial charge in [-0.2, -0.15) is 0 Å². The van der Waals surface area contributed by atoms with Crippen LogP contribution in [0, 0.1) is 6.92 Å². The van der Waals surface area contributed by atoms with Gasteiger partial charge in [0.15, 0.2) is 0 Å². The summed E-state index contributed by atoms with van der Waals surface area (Å²) in [7, 11) is -4.26. The Balaban J connectivity index is 2.82. The first kappa shape index (κ1) is 11.6. The quantitative estimate of drug-likeness (QED) is 0.504. The first-order valence-electron chi connectivity index (χ1n) is 3.66. The number of nitrogens with zero attached hydrogens (tertiary/aromatic N) is 1. The molecule has 8 heteroatoms. The van der Waals surface area contributed by atoms with Crippen LogP contribution >= 0.6 is 0 Å². The molecule has 14 heavy (non-hydrogen) atoms. The van der Waals surface area contributed by atoms with Crippen molar-refractivity contribution in [2.75, 3.05) is 5.75 Å². The molecule has 1 aromatic heterocycles. The van der Waals surface area contributed by atoms with Crippen molar-refractivity contribution >= 4 is 30.2 Å². The minimum atomic E-state index is -4.26. The molecule has 0 aliphatic carbocycles. The summed E-state index contributed by atoms with van der Waals surface area (Å²) >= 11 is -1.31. The van der Waals surface area contributed by atoms with Crippen LogP contribution in [0.4, 0.5) is 0 Å². The molecule has 1 aromatic rings. The third-order valence-electron chi connectivity index (χ3n) is 1.58. The van der Waals surface area contributed by atoms with Gasteiger partial charge in [-0.25, -0.2) is 0 Å². The van der Waals surface area contributed by atoms with Gasteiger partial charge in [0.2, 0.25) is 0 Å². The zero-order chi connectivity index (χ0) is 10.8. The summed E-state index contributed by atoms with van der Waals surface area (Å²) in [5.74, 6) is -0.133. The van der Waals surface area contributed by atoms with E-state index in [2.05, 4.69) is 5.16 Å². The van der Waals surface area contributed by atoms with E-state index in [0.717, 1.165) is 0 Å². The van der Waals surface area contributed by atoms with Gasteiger partial charge >= 0.3 is 87.1 Å². The normalized spacial score (nSPS) is 12.1. The molecule has 0 aliphatic heterocycles. The van der Waals surface area contributed by atoms with Crippen molar-refractivity contribution in [1.82, 2.24) is 5.16 Å². The standard InChI is InChI=1S/C6H8AsNO5S/c1-4-6(7-9)5(8-13-4)2-3-14(10,11)12/h2-3H2,1H3,(H,10,11,12)/p-1. The molecule has 0 radical (unpaired) electrons. The molecular formula is C6H7AsNO5S-. The number of hydrogen-bond acceptors (Lipinski definition) is 6. The van der Waals surface area contributed by atoms with E-state index in [1.165, 1.54) is 0 Å². The zero-order valence-electron chi connectivity index (χ0n) is 7.26. The van der Waals surface area contributed by atoms with Crippen LogP contribution in [0.3, 0.4) is 0 Å². The van der Waals surface area contributed by atoms with Crippen LogP contribution in [-0.2, 0) is 20.3 Å². The van der Waals surface area contributed by atoms with Gasteiger partial charge in [-0.05, 0) is 0 Å². The third-order valence-corrected chi connectivity index (χ3v) is 3.87. The Hall–Kier alpha value is -0.522. The van der Waals surface area contributed by atoms with Crippen LogP contribution < -0.4 is 4.35 Å². The Bertz CT molecular complexity index is 437. The Morgan fingerprint density at radius 2 is 2.21 bits per heavy atom. The molecule has 1 rings (SSSR count). The van der Waals surface area contributed by atoms with Crippen molar-refractivity contribution in [1.29, 1.82) is 0 Å². The molecule has 0 fully saturated rings. The molecule has 6 nitrogen and oxygen atoms in total. The summed E-state index contributed by atoms with van der Waals surface area (Å²) in [6.45, 7) is 1.59. The Labute approximate surface area is 87.3 Å². The Morgan fingerprint density at radius 3 is 2.71 bits per heavy atom. The number of aromatic nitrogens is 1. The summed E-state index contributed by atoms with van der Waals surface area (Å²) in [5.41, 5.74) is 0.303. The summed E-state index contributed by atoms with van der Waals surface area (Å²) in [4.78, 5) is 0. The second kappa shape index (κ2) is 4.33. The molecule has 0 saturated heterocycles. The Kier molecular flexibility index (Phi) is 3.58. The van der Waals surface area contributed by atoms with Crippen molar-refractivity contribution in [3.63, 3.8) is 0 Å².